The van der Waals surface area contributed by atoms with Crippen LogP contribution in [0.1, 0.15) is 28.1 Å². The van der Waals surface area contributed by atoms with E-state index in [9.17, 15) is 4.79 Å². The first-order valence-corrected chi connectivity index (χ1v) is 10.3. The number of benzene rings is 1. The molecule has 6 nitrogen and oxygen atoms in total. The average molecular weight is 393 g/mol. The van der Waals surface area contributed by atoms with Gasteiger partial charge in [0.2, 0.25) is 5.91 Å². The topological polar surface area (TPSA) is 63.1 Å². The van der Waals surface area contributed by atoms with Crippen molar-refractivity contribution in [2.24, 2.45) is 18.9 Å². The second-order valence-corrected chi connectivity index (χ2v) is 8.42. The maximum atomic E-state index is 12.8. The predicted octanol–water partition coefficient (Wildman–Crippen LogP) is 3.94. The molecule has 1 aromatic carbocycles. The smallest absolute Gasteiger partial charge is 0.228 e. The van der Waals surface area contributed by atoms with Crippen LogP contribution >= 0.6 is 0 Å². The lowest BCUT2D eigenvalue weighted by Gasteiger charge is -2.32. The lowest BCUT2D eigenvalue weighted by atomic mass is 9.95. The second kappa shape index (κ2) is 8.33. The minimum Gasteiger partial charge on any atom is -0.310 e. The molecule has 3 aromatic rings. The second-order valence-electron chi connectivity index (χ2n) is 8.42. The van der Waals surface area contributed by atoms with E-state index in [4.69, 9.17) is 1.37 Å². The molecule has 3 heterocycles. The molecular formula is C23H29N5O. The Kier molecular flexibility index (Phi) is 5.26. The van der Waals surface area contributed by atoms with E-state index in [2.05, 4.69) is 34.1 Å². The minimum absolute atomic E-state index is 0.00169. The van der Waals surface area contributed by atoms with Crippen molar-refractivity contribution < 1.29 is 6.17 Å². The number of hydrogen-bond donors (Lipinski definition) is 1. The molecule has 0 aliphatic carbocycles. The number of anilines is 1. The first kappa shape index (κ1) is 18.3. The lowest BCUT2D eigenvalue weighted by Crippen LogP contribution is -2.39. The summed E-state index contributed by atoms with van der Waals surface area (Å²) in [5.74, 6) is 1.10. The maximum Gasteiger partial charge on any atom is 0.228 e. The highest BCUT2D eigenvalue weighted by molar-refractivity contribution is 5.95. The van der Waals surface area contributed by atoms with Crippen LogP contribution in [0.2, 0.25) is 0 Å². The van der Waals surface area contributed by atoms with Crippen LogP contribution in [0.4, 0.5) is 5.82 Å². The number of pyridine rings is 1. The van der Waals surface area contributed by atoms with Crippen LogP contribution in [0.25, 0.3) is 21.9 Å². The molecule has 6 heteroatoms. The Morgan fingerprint density at radius 2 is 2.03 bits per heavy atom. The van der Waals surface area contributed by atoms with E-state index < -0.39 is 0 Å². The number of nitrogens with one attached hydrogen (secondary N) is 1. The van der Waals surface area contributed by atoms with Crippen molar-refractivity contribution in [2.45, 2.75) is 26.7 Å². The monoisotopic (exact) mass is 392 g/mol. The quantitative estimate of drug-likeness (QED) is 0.714. The van der Waals surface area contributed by atoms with Crippen molar-refractivity contribution in [2.75, 3.05) is 25.0 Å². The molecule has 1 aliphatic rings. The van der Waals surface area contributed by atoms with Gasteiger partial charge < -0.3 is 10.2 Å². The van der Waals surface area contributed by atoms with Gasteiger partial charge in [0.05, 0.1) is 7.57 Å². The van der Waals surface area contributed by atoms with Crippen molar-refractivity contribution in [3.8, 4) is 11.1 Å². The molecule has 29 heavy (non-hydrogen) atoms. The zero-order chi connectivity index (χ0) is 21.3. The number of aromatic nitrogens is 3. The Bertz CT molecular complexity index is 1050. The number of aryl methyl sites for hydroxylation is 1. The number of carbonyl (C=O) groups excluding carboxylic acids is 1. The summed E-state index contributed by atoms with van der Waals surface area (Å²) in [6.07, 6.45) is 5.68. The van der Waals surface area contributed by atoms with Crippen LogP contribution in [0.3, 0.4) is 0 Å². The van der Waals surface area contributed by atoms with Gasteiger partial charge >= 0.3 is 0 Å². The molecule has 1 fully saturated rings. The molecule has 0 spiro atoms. The zero-order valence-corrected chi connectivity index (χ0v) is 17.4. The summed E-state index contributed by atoms with van der Waals surface area (Å²) in [5.41, 5.74) is 2.04. The van der Waals surface area contributed by atoms with Gasteiger partial charge in [0.25, 0.3) is 0 Å². The Hall–Kier alpha value is -2.73. The maximum absolute atomic E-state index is 12.8. The molecule has 1 aliphatic heterocycles. The third kappa shape index (κ3) is 4.65. The van der Waals surface area contributed by atoms with Crippen molar-refractivity contribution >= 4 is 22.5 Å². The molecule has 4 rings (SSSR count). The summed E-state index contributed by atoms with van der Waals surface area (Å²) in [4.78, 5) is 19.5. The van der Waals surface area contributed by atoms with Gasteiger partial charge in [-0.2, -0.15) is 5.10 Å². The van der Waals surface area contributed by atoms with E-state index in [1.54, 1.807) is 4.68 Å². The van der Waals surface area contributed by atoms with Gasteiger partial charge in [-0.3, -0.25) is 9.48 Å². The zero-order valence-electron chi connectivity index (χ0n) is 18.4. The molecule has 0 bridgehead atoms. The van der Waals surface area contributed by atoms with Crippen LogP contribution in [0, 0.1) is 11.8 Å². The Morgan fingerprint density at radius 1 is 1.24 bits per heavy atom. The Morgan fingerprint density at radius 3 is 2.72 bits per heavy atom. The summed E-state index contributed by atoms with van der Waals surface area (Å²) >= 11 is 0. The van der Waals surface area contributed by atoms with E-state index in [0.717, 1.165) is 54.4 Å². The molecule has 0 unspecified atom stereocenters. The number of fused-ring (bicyclic) bond motifs is 1. The fourth-order valence-corrected chi connectivity index (χ4v) is 4.02. The van der Waals surface area contributed by atoms with Crippen LogP contribution in [-0.4, -0.2) is 45.2 Å². The third-order valence-corrected chi connectivity index (χ3v) is 5.51. The molecule has 0 radical (unpaired) electrons. The fourth-order valence-electron chi connectivity index (χ4n) is 4.02. The van der Waals surface area contributed by atoms with Crippen LogP contribution in [-0.2, 0) is 11.8 Å². The Labute approximate surface area is 173 Å². The van der Waals surface area contributed by atoms with Gasteiger partial charge in [-0.25, -0.2) is 4.98 Å². The molecule has 0 atom stereocenters. The molecular weight excluding hydrogens is 362 g/mol. The number of amides is 1. The summed E-state index contributed by atoms with van der Waals surface area (Å²) in [6, 6.07) is 7.76. The summed E-state index contributed by atoms with van der Waals surface area (Å²) in [7, 11) is 1.89. The van der Waals surface area contributed by atoms with Gasteiger partial charge in [-0.15, -0.1) is 0 Å². The molecule has 0 saturated carbocycles. The van der Waals surface area contributed by atoms with E-state index in [1.807, 2.05) is 43.7 Å². The van der Waals surface area contributed by atoms with Gasteiger partial charge in [0, 0.05) is 42.8 Å². The summed E-state index contributed by atoms with van der Waals surface area (Å²) < 4.78 is 10.0. The molecule has 1 amide bonds. The highest BCUT2D eigenvalue weighted by Gasteiger charge is 2.25. The number of likely N-dealkylation sites (tertiary alicyclic amines) is 1. The SMILES string of the molecule is [2H]c1nc(NC(=O)C2CCN(CC(C)C)CC2)cc2cc(-c3cnn(C)c3)ccc12. The lowest BCUT2D eigenvalue weighted by molar-refractivity contribution is -0.121. The van der Waals surface area contributed by atoms with Gasteiger partial charge in [-0.1, -0.05) is 26.0 Å². The van der Waals surface area contributed by atoms with Crippen LogP contribution < -0.4 is 5.32 Å². The first-order chi connectivity index (χ1) is 14.4. The minimum atomic E-state index is 0.00169. The number of nitrogens with zero attached hydrogens (tertiary/aromatic N) is 4. The summed E-state index contributed by atoms with van der Waals surface area (Å²) in [5, 5.41) is 8.84. The van der Waals surface area contributed by atoms with E-state index >= 15 is 0 Å². The van der Waals surface area contributed by atoms with Crippen molar-refractivity contribution in [3.05, 3.63) is 42.8 Å². The molecule has 1 N–H and O–H groups in total. The highest BCUT2D eigenvalue weighted by atomic mass is 16.1. The number of rotatable bonds is 5. The van der Waals surface area contributed by atoms with Crippen molar-refractivity contribution in [1.82, 2.24) is 19.7 Å². The largest absolute Gasteiger partial charge is 0.310 e. The van der Waals surface area contributed by atoms with Gasteiger partial charge in [-0.05, 0) is 54.9 Å². The molecule has 1 saturated heterocycles. The third-order valence-electron chi connectivity index (χ3n) is 5.51. The van der Waals surface area contributed by atoms with E-state index in [-0.39, 0.29) is 18.0 Å². The predicted molar refractivity (Wildman–Crippen MR) is 117 cm³/mol. The summed E-state index contributed by atoms with van der Waals surface area (Å²) in [6.45, 7) is 7.45. The number of hydrogen-bond acceptors (Lipinski definition) is 4. The van der Waals surface area contributed by atoms with Gasteiger partial charge in [0.1, 0.15) is 5.82 Å². The fraction of sp³-hybridized carbons (Fsp3) is 0.435. The van der Waals surface area contributed by atoms with Crippen molar-refractivity contribution in [3.63, 3.8) is 0 Å². The Balaban J connectivity index is 1.49. The van der Waals surface area contributed by atoms with Crippen LogP contribution in [0.15, 0.2) is 42.8 Å². The standard InChI is InChI=1S/C23H29N5O/c1-16(2)14-28-8-6-17(7-9-28)23(29)26-22-11-20-10-18(4-5-19(20)12-24-22)21-13-25-27(3)15-21/h4-5,10-13,15-17H,6-9,14H2,1-3H3,(H,24,26,29)/i12D. The average Bonchev–Trinajstić information content (AvgIpc) is 3.14. The van der Waals surface area contributed by atoms with Gasteiger partial charge in [0.15, 0.2) is 0 Å². The molecule has 2 aromatic heterocycles. The van der Waals surface area contributed by atoms with Crippen molar-refractivity contribution in [1.29, 1.82) is 0 Å². The van der Waals surface area contributed by atoms with E-state index in [1.165, 1.54) is 0 Å². The van der Waals surface area contributed by atoms with Crippen LogP contribution in [0.5, 0.6) is 0 Å². The number of piperidine rings is 1. The normalized spacial score (nSPS) is 16.3. The molecule has 152 valence electrons. The number of carbonyl (C=O) groups is 1. The highest BCUT2D eigenvalue weighted by Crippen LogP contribution is 2.26. The first-order valence-electron chi connectivity index (χ1n) is 10.8. The van der Waals surface area contributed by atoms with E-state index in [0.29, 0.717) is 11.7 Å².